The van der Waals surface area contributed by atoms with E-state index in [-0.39, 0.29) is 6.61 Å². The van der Waals surface area contributed by atoms with Crippen LogP contribution < -0.4 is 11.1 Å². The molecule has 5 N–H and O–H groups in total. The van der Waals surface area contributed by atoms with Crippen molar-refractivity contribution in [1.82, 2.24) is 15.2 Å². The molecule has 0 bridgehead atoms. The molecule has 1 fully saturated rings. The lowest BCUT2D eigenvalue weighted by atomic mass is 9.81. The number of aliphatic hydroxyl groups excluding tert-OH is 1. The Morgan fingerprint density at radius 2 is 2.07 bits per heavy atom. The van der Waals surface area contributed by atoms with Gasteiger partial charge in [0.1, 0.15) is 5.84 Å². The number of H-pyrrole nitrogens is 1. The fraction of sp³-hybridized carbons (Fsp3) is 0.381. The lowest BCUT2D eigenvalue weighted by Gasteiger charge is -2.32. The van der Waals surface area contributed by atoms with Crippen LogP contribution in [0.3, 0.4) is 0 Å². The summed E-state index contributed by atoms with van der Waals surface area (Å²) in [6, 6.07) is 8.31. The first-order chi connectivity index (χ1) is 13.2. The summed E-state index contributed by atoms with van der Waals surface area (Å²) < 4.78 is 0. The van der Waals surface area contributed by atoms with Gasteiger partial charge < -0.3 is 20.3 Å². The molecule has 1 atom stereocenters. The van der Waals surface area contributed by atoms with Crippen LogP contribution in [-0.4, -0.2) is 27.4 Å². The van der Waals surface area contributed by atoms with E-state index in [1.807, 2.05) is 24.8 Å². The van der Waals surface area contributed by atoms with E-state index >= 15 is 0 Å². The smallest absolute Gasteiger partial charge is 0.178 e. The number of hydrogen-bond acceptors (Lipinski definition) is 5. The van der Waals surface area contributed by atoms with Gasteiger partial charge in [-0.2, -0.15) is 0 Å². The zero-order valence-electron chi connectivity index (χ0n) is 15.2. The predicted octanol–water partition coefficient (Wildman–Crippen LogP) is 2.71. The van der Waals surface area contributed by atoms with Gasteiger partial charge in [-0.1, -0.05) is 6.07 Å². The average Bonchev–Trinajstić information content (AvgIpc) is 3.31. The van der Waals surface area contributed by atoms with Crippen molar-refractivity contribution in [2.24, 2.45) is 22.6 Å². The molecule has 5 rings (SSSR count). The lowest BCUT2D eigenvalue weighted by Crippen LogP contribution is -2.40. The molecule has 0 radical (unpaired) electrons. The number of aromatic nitrogens is 1. The minimum absolute atomic E-state index is 0.287. The number of aromatic amines is 1. The average molecular weight is 363 g/mol. The number of rotatable bonds is 3. The molecule has 0 saturated heterocycles. The Labute approximate surface area is 158 Å². The third-order valence-corrected chi connectivity index (χ3v) is 6.19. The van der Waals surface area contributed by atoms with E-state index in [0.29, 0.717) is 11.8 Å². The molecular weight excluding hydrogens is 338 g/mol. The van der Waals surface area contributed by atoms with E-state index in [4.69, 9.17) is 10.7 Å². The first-order valence-electron chi connectivity index (χ1n) is 9.69. The Balaban J connectivity index is 1.54. The number of benzene rings is 1. The van der Waals surface area contributed by atoms with Gasteiger partial charge in [-0.15, -0.1) is 0 Å². The third-order valence-electron chi connectivity index (χ3n) is 6.19. The highest BCUT2D eigenvalue weighted by molar-refractivity contribution is 5.91. The normalized spacial score (nSPS) is 30.1. The molecule has 3 heterocycles. The molecule has 2 aromatic rings. The van der Waals surface area contributed by atoms with Crippen molar-refractivity contribution < 1.29 is 5.11 Å². The topological polar surface area (TPSA) is 89.7 Å². The van der Waals surface area contributed by atoms with Gasteiger partial charge in [-0.05, 0) is 55.2 Å². The van der Waals surface area contributed by atoms with Crippen molar-refractivity contribution in [3.05, 3.63) is 60.3 Å². The second-order valence-corrected chi connectivity index (χ2v) is 7.80. The van der Waals surface area contributed by atoms with Crippen molar-refractivity contribution >= 4 is 16.7 Å². The van der Waals surface area contributed by atoms with E-state index in [1.54, 1.807) is 0 Å². The first kappa shape index (κ1) is 16.6. The van der Waals surface area contributed by atoms with Gasteiger partial charge in [0.2, 0.25) is 0 Å². The van der Waals surface area contributed by atoms with Crippen LogP contribution in [0.1, 0.15) is 31.2 Å². The van der Waals surface area contributed by atoms with Gasteiger partial charge in [-0.25, -0.2) is 4.99 Å². The van der Waals surface area contributed by atoms with Crippen LogP contribution in [0.2, 0.25) is 0 Å². The molecule has 0 unspecified atom stereocenters. The van der Waals surface area contributed by atoms with Crippen molar-refractivity contribution in [2.75, 3.05) is 6.61 Å². The van der Waals surface area contributed by atoms with Crippen LogP contribution in [0.15, 0.2) is 59.8 Å². The maximum atomic E-state index is 9.44. The van der Waals surface area contributed by atoms with E-state index in [2.05, 4.69) is 39.5 Å². The van der Waals surface area contributed by atoms with Gasteiger partial charge >= 0.3 is 0 Å². The summed E-state index contributed by atoms with van der Waals surface area (Å²) in [6.07, 6.45) is 12.0. The molecule has 0 amide bonds. The molecule has 6 heteroatoms. The van der Waals surface area contributed by atoms with Gasteiger partial charge in [0.05, 0.1) is 5.70 Å². The quantitative estimate of drug-likeness (QED) is 0.675. The van der Waals surface area contributed by atoms with E-state index in [1.165, 1.54) is 0 Å². The summed E-state index contributed by atoms with van der Waals surface area (Å²) in [4.78, 5) is 10.5. The second kappa shape index (κ2) is 6.25. The summed E-state index contributed by atoms with van der Waals surface area (Å²) >= 11 is 0. The molecule has 6 nitrogen and oxygen atoms in total. The Morgan fingerprint density at radius 3 is 2.89 bits per heavy atom. The number of nitrogens with one attached hydrogen (secondary N) is 2. The molecule has 0 spiro atoms. The SMILES string of the molecule is N[C@@]1(c2ccc3[nH]ccc3c2)N=C(C2CCC(CO)CC2)N2C=CNC=C21. The van der Waals surface area contributed by atoms with Crippen LogP contribution in [-0.2, 0) is 5.66 Å². The molecule has 27 heavy (non-hydrogen) atoms. The molecular formula is C21H25N5O. The van der Waals surface area contributed by atoms with Gasteiger partial charge in [0, 0.05) is 48.4 Å². The largest absolute Gasteiger partial charge is 0.396 e. The molecule has 1 aliphatic carbocycles. The number of amidine groups is 1. The zero-order valence-corrected chi connectivity index (χ0v) is 15.2. The number of nitrogens with zero attached hydrogens (tertiary/aromatic N) is 2. The number of nitrogens with two attached hydrogens (primary N) is 1. The van der Waals surface area contributed by atoms with Gasteiger partial charge in [-0.3, -0.25) is 5.73 Å². The van der Waals surface area contributed by atoms with Crippen LogP contribution in [0, 0.1) is 11.8 Å². The number of aliphatic hydroxyl groups is 1. The van der Waals surface area contributed by atoms with Gasteiger partial charge in [0.15, 0.2) is 5.66 Å². The second-order valence-electron chi connectivity index (χ2n) is 7.80. The third kappa shape index (κ3) is 2.59. The predicted molar refractivity (Wildman–Crippen MR) is 106 cm³/mol. The monoisotopic (exact) mass is 363 g/mol. The molecule has 3 aliphatic rings. The number of aliphatic imine (C=N–C) groups is 1. The molecule has 140 valence electrons. The van der Waals surface area contributed by atoms with Gasteiger partial charge in [0.25, 0.3) is 0 Å². The summed E-state index contributed by atoms with van der Waals surface area (Å²) in [6.45, 7) is 0.287. The highest BCUT2D eigenvalue weighted by atomic mass is 16.3. The molecule has 2 aliphatic heterocycles. The standard InChI is InChI=1S/C21H25N5O/c22-21(17-5-6-18-16(11-17)7-8-24-18)19-12-23-9-10-26(19)20(25-21)15-3-1-14(13-27)2-4-15/h5-12,14-15,23-24,27H,1-4,13,22H2/t14?,15?,21-/m0/s1. The maximum absolute atomic E-state index is 9.44. The summed E-state index contributed by atoms with van der Waals surface area (Å²) in [7, 11) is 0. The molecule has 1 aromatic heterocycles. The first-order valence-corrected chi connectivity index (χ1v) is 9.69. The fourth-order valence-corrected chi connectivity index (χ4v) is 4.57. The molecule has 1 saturated carbocycles. The minimum atomic E-state index is -0.896. The minimum Gasteiger partial charge on any atom is -0.396 e. The zero-order chi connectivity index (χ0) is 18.4. The number of fused-ring (bicyclic) bond motifs is 2. The van der Waals surface area contributed by atoms with Crippen molar-refractivity contribution in [3.8, 4) is 0 Å². The van der Waals surface area contributed by atoms with Crippen LogP contribution in [0.5, 0.6) is 0 Å². The van der Waals surface area contributed by atoms with Crippen LogP contribution in [0.4, 0.5) is 0 Å². The summed E-state index contributed by atoms with van der Waals surface area (Å²) in [5.74, 6) is 1.85. The van der Waals surface area contributed by atoms with Crippen molar-refractivity contribution in [2.45, 2.75) is 31.3 Å². The van der Waals surface area contributed by atoms with E-state index in [0.717, 1.165) is 53.7 Å². The van der Waals surface area contributed by atoms with Crippen molar-refractivity contribution in [3.63, 3.8) is 0 Å². The Morgan fingerprint density at radius 1 is 1.22 bits per heavy atom. The fourth-order valence-electron chi connectivity index (χ4n) is 4.57. The number of hydrogen-bond donors (Lipinski definition) is 4. The molecule has 1 aromatic carbocycles. The summed E-state index contributed by atoms with van der Waals surface area (Å²) in [5.41, 5.74) is 9.07. The summed E-state index contributed by atoms with van der Waals surface area (Å²) in [5, 5.41) is 13.8. The Hall–Kier alpha value is -2.57. The van der Waals surface area contributed by atoms with E-state index < -0.39 is 5.66 Å². The lowest BCUT2D eigenvalue weighted by molar-refractivity contribution is 0.179. The van der Waals surface area contributed by atoms with Crippen LogP contribution in [0.25, 0.3) is 10.9 Å². The highest BCUT2D eigenvalue weighted by Crippen LogP contribution is 2.42. The highest BCUT2D eigenvalue weighted by Gasteiger charge is 2.45. The maximum Gasteiger partial charge on any atom is 0.178 e. The van der Waals surface area contributed by atoms with Crippen molar-refractivity contribution in [1.29, 1.82) is 0 Å². The van der Waals surface area contributed by atoms with E-state index in [9.17, 15) is 5.11 Å². The Bertz CT molecular complexity index is 950. The van der Waals surface area contributed by atoms with Crippen LogP contribution >= 0.6 is 0 Å². The Kier molecular flexibility index (Phi) is 3.84.